The maximum Gasteiger partial charge on any atom is 0.118 e. The van der Waals surface area contributed by atoms with Crippen molar-refractivity contribution in [2.75, 3.05) is 12.8 Å². The van der Waals surface area contributed by atoms with Gasteiger partial charge >= 0.3 is 0 Å². The van der Waals surface area contributed by atoms with Crippen LogP contribution in [0.2, 0.25) is 0 Å². The van der Waals surface area contributed by atoms with Gasteiger partial charge in [0.25, 0.3) is 0 Å². The van der Waals surface area contributed by atoms with Crippen molar-refractivity contribution in [3.63, 3.8) is 0 Å². The Labute approximate surface area is 114 Å². The molecule has 0 aromatic heterocycles. The van der Waals surface area contributed by atoms with Gasteiger partial charge in [-0.3, -0.25) is 0 Å². The molecule has 0 aliphatic rings. The van der Waals surface area contributed by atoms with Gasteiger partial charge in [0, 0.05) is 18.3 Å². The lowest BCUT2D eigenvalue weighted by atomic mass is 10.1. The highest BCUT2D eigenvalue weighted by Gasteiger charge is 2.05. The lowest BCUT2D eigenvalue weighted by molar-refractivity contribution is 0.414. The minimum atomic E-state index is 0.285. The van der Waals surface area contributed by atoms with Crippen LogP contribution in [0.25, 0.3) is 0 Å². The van der Waals surface area contributed by atoms with Crippen molar-refractivity contribution in [1.29, 1.82) is 0 Å². The van der Waals surface area contributed by atoms with Crippen molar-refractivity contribution >= 4 is 5.69 Å². The summed E-state index contributed by atoms with van der Waals surface area (Å²) >= 11 is 0. The summed E-state index contributed by atoms with van der Waals surface area (Å²) in [5.41, 5.74) is 9.00. The molecule has 0 amide bonds. The van der Waals surface area contributed by atoms with Crippen molar-refractivity contribution < 1.29 is 4.74 Å². The molecule has 2 rings (SSSR count). The second-order valence-electron chi connectivity index (χ2n) is 4.62. The van der Waals surface area contributed by atoms with Crippen molar-refractivity contribution in [2.24, 2.45) is 0 Å². The van der Waals surface area contributed by atoms with Crippen LogP contribution in [-0.4, -0.2) is 7.11 Å². The summed E-state index contributed by atoms with van der Waals surface area (Å²) in [5, 5.41) is 3.48. The van der Waals surface area contributed by atoms with Crippen LogP contribution in [0.4, 0.5) is 5.69 Å². The summed E-state index contributed by atoms with van der Waals surface area (Å²) in [7, 11) is 1.68. The van der Waals surface area contributed by atoms with Gasteiger partial charge in [0.05, 0.1) is 7.11 Å². The number of nitrogen functional groups attached to an aromatic ring is 1. The number of benzene rings is 2. The highest BCUT2D eigenvalue weighted by molar-refractivity contribution is 5.40. The molecule has 1 unspecified atom stereocenters. The summed E-state index contributed by atoms with van der Waals surface area (Å²) in [6.07, 6.45) is 0. The predicted molar refractivity (Wildman–Crippen MR) is 79.1 cm³/mol. The average Bonchev–Trinajstić information content (AvgIpc) is 2.45. The molecule has 0 radical (unpaired) electrons. The van der Waals surface area contributed by atoms with E-state index in [1.807, 2.05) is 30.3 Å². The second kappa shape index (κ2) is 6.25. The van der Waals surface area contributed by atoms with Gasteiger partial charge in [-0.05, 0) is 42.3 Å². The van der Waals surface area contributed by atoms with Crippen LogP contribution in [0.1, 0.15) is 24.1 Å². The fraction of sp³-hybridized carbons (Fsp3) is 0.250. The molecule has 3 nitrogen and oxygen atoms in total. The van der Waals surface area contributed by atoms with E-state index in [9.17, 15) is 0 Å². The first-order valence-electron chi connectivity index (χ1n) is 6.41. The monoisotopic (exact) mass is 256 g/mol. The third-order valence-electron chi connectivity index (χ3n) is 3.18. The van der Waals surface area contributed by atoms with E-state index in [1.165, 1.54) is 11.1 Å². The van der Waals surface area contributed by atoms with Gasteiger partial charge in [-0.25, -0.2) is 0 Å². The fourth-order valence-corrected chi connectivity index (χ4v) is 1.98. The van der Waals surface area contributed by atoms with Crippen molar-refractivity contribution in [1.82, 2.24) is 5.32 Å². The molecule has 1 atom stereocenters. The molecule has 19 heavy (non-hydrogen) atoms. The van der Waals surface area contributed by atoms with E-state index >= 15 is 0 Å². The minimum Gasteiger partial charge on any atom is -0.497 e. The molecule has 0 aliphatic heterocycles. The van der Waals surface area contributed by atoms with Crippen LogP contribution in [0, 0.1) is 0 Å². The van der Waals surface area contributed by atoms with E-state index in [0.29, 0.717) is 0 Å². The Morgan fingerprint density at radius 2 is 1.89 bits per heavy atom. The molecular formula is C16H20N2O. The first-order valence-corrected chi connectivity index (χ1v) is 6.41. The van der Waals surface area contributed by atoms with Crippen LogP contribution in [0.15, 0.2) is 48.5 Å². The van der Waals surface area contributed by atoms with E-state index in [4.69, 9.17) is 10.5 Å². The van der Waals surface area contributed by atoms with Crippen LogP contribution < -0.4 is 15.8 Å². The summed E-state index contributed by atoms with van der Waals surface area (Å²) in [6, 6.07) is 16.3. The third-order valence-corrected chi connectivity index (χ3v) is 3.18. The maximum atomic E-state index is 5.77. The Morgan fingerprint density at radius 3 is 2.53 bits per heavy atom. The maximum absolute atomic E-state index is 5.77. The Bertz CT molecular complexity index is 523. The molecule has 2 aromatic carbocycles. The van der Waals surface area contributed by atoms with E-state index < -0.39 is 0 Å². The van der Waals surface area contributed by atoms with Crippen molar-refractivity contribution in [3.05, 3.63) is 59.7 Å². The molecule has 100 valence electrons. The summed E-state index contributed by atoms with van der Waals surface area (Å²) < 4.78 is 5.16. The summed E-state index contributed by atoms with van der Waals surface area (Å²) in [6.45, 7) is 2.95. The molecule has 2 aromatic rings. The van der Waals surface area contributed by atoms with E-state index in [-0.39, 0.29) is 6.04 Å². The Morgan fingerprint density at radius 1 is 1.16 bits per heavy atom. The number of hydrogen-bond donors (Lipinski definition) is 2. The molecule has 0 saturated heterocycles. The molecule has 3 heteroatoms. The normalized spacial score (nSPS) is 12.1. The van der Waals surface area contributed by atoms with E-state index in [2.05, 4.69) is 30.4 Å². The molecular weight excluding hydrogens is 236 g/mol. The molecule has 0 saturated carbocycles. The highest BCUT2D eigenvalue weighted by Crippen LogP contribution is 2.18. The number of anilines is 1. The van der Waals surface area contributed by atoms with Gasteiger partial charge in [-0.15, -0.1) is 0 Å². The first kappa shape index (κ1) is 13.4. The largest absolute Gasteiger partial charge is 0.497 e. The zero-order valence-electron chi connectivity index (χ0n) is 11.4. The van der Waals surface area contributed by atoms with E-state index in [1.54, 1.807) is 7.11 Å². The smallest absolute Gasteiger partial charge is 0.118 e. The lowest BCUT2D eigenvalue weighted by Crippen LogP contribution is -2.18. The molecule has 0 spiro atoms. The molecule has 0 fully saturated rings. The number of rotatable bonds is 5. The quantitative estimate of drug-likeness (QED) is 0.808. The first-order chi connectivity index (χ1) is 9.19. The standard InChI is InChI=1S/C16H20N2O/c1-12(14-6-8-16(19-2)9-7-14)18-11-13-4-3-5-15(17)10-13/h3-10,12,18H,11,17H2,1-2H3. The van der Waals surface area contributed by atoms with Crippen molar-refractivity contribution in [2.45, 2.75) is 19.5 Å². The fourth-order valence-electron chi connectivity index (χ4n) is 1.98. The topological polar surface area (TPSA) is 47.3 Å². The molecule has 0 aliphatic carbocycles. The Kier molecular flexibility index (Phi) is 4.42. The summed E-state index contributed by atoms with van der Waals surface area (Å²) in [4.78, 5) is 0. The number of nitrogens with two attached hydrogens (primary N) is 1. The zero-order valence-corrected chi connectivity index (χ0v) is 11.4. The number of nitrogens with one attached hydrogen (secondary N) is 1. The van der Waals surface area contributed by atoms with Gasteiger partial charge in [0.15, 0.2) is 0 Å². The molecule has 3 N–H and O–H groups in total. The summed E-state index contributed by atoms with van der Waals surface area (Å²) in [5.74, 6) is 0.881. The number of methoxy groups -OCH3 is 1. The van der Waals surface area contributed by atoms with Gasteiger partial charge in [-0.1, -0.05) is 24.3 Å². The second-order valence-corrected chi connectivity index (χ2v) is 4.62. The van der Waals surface area contributed by atoms with E-state index in [0.717, 1.165) is 18.0 Å². The van der Waals surface area contributed by atoms with Gasteiger partial charge < -0.3 is 15.8 Å². The van der Waals surface area contributed by atoms with Crippen LogP contribution in [0.5, 0.6) is 5.75 Å². The Hall–Kier alpha value is -2.00. The van der Waals surface area contributed by atoms with Crippen molar-refractivity contribution in [3.8, 4) is 5.75 Å². The van der Waals surface area contributed by atoms with Gasteiger partial charge in [-0.2, -0.15) is 0 Å². The number of hydrogen-bond acceptors (Lipinski definition) is 3. The lowest BCUT2D eigenvalue weighted by Gasteiger charge is -2.15. The highest BCUT2D eigenvalue weighted by atomic mass is 16.5. The molecule has 0 bridgehead atoms. The van der Waals surface area contributed by atoms with Crippen LogP contribution in [0.3, 0.4) is 0 Å². The van der Waals surface area contributed by atoms with Gasteiger partial charge in [0.1, 0.15) is 5.75 Å². The van der Waals surface area contributed by atoms with Crippen LogP contribution in [-0.2, 0) is 6.54 Å². The Balaban J connectivity index is 1.95. The SMILES string of the molecule is COc1ccc(C(C)NCc2cccc(N)c2)cc1. The van der Waals surface area contributed by atoms with Gasteiger partial charge in [0.2, 0.25) is 0 Å². The minimum absolute atomic E-state index is 0.285. The zero-order chi connectivity index (χ0) is 13.7. The molecule has 0 heterocycles. The van der Waals surface area contributed by atoms with Crippen LogP contribution >= 0.6 is 0 Å². The number of ether oxygens (including phenoxy) is 1. The average molecular weight is 256 g/mol. The predicted octanol–water partition coefficient (Wildman–Crippen LogP) is 3.13. The third kappa shape index (κ3) is 3.73.